The molecule has 1 saturated carbocycles. The smallest absolute Gasteiger partial charge is 0.0172 e. The monoisotopic (exact) mass is 410 g/mol. The Labute approximate surface area is 146 Å². The fourth-order valence-electron chi connectivity index (χ4n) is 3.44. The number of allylic oxidation sites excluding steroid dienone is 1. The van der Waals surface area contributed by atoms with Gasteiger partial charge in [-0.2, -0.15) is 0 Å². The third kappa shape index (κ3) is 9.20. The van der Waals surface area contributed by atoms with Crippen LogP contribution in [0.5, 0.6) is 0 Å². The summed E-state index contributed by atoms with van der Waals surface area (Å²) in [6, 6.07) is 0. The van der Waals surface area contributed by atoms with Gasteiger partial charge in [-0.1, -0.05) is 68.7 Å². The quantitative estimate of drug-likeness (QED) is 0.371. The minimum atomic E-state index is 0. The molecule has 1 rings (SSSR count). The Morgan fingerprint density at radius 3 is 1.60 bits per heavy atom. The van der Waals surface area contributed by atoms with Gasteiger partial charge in [0.2, 0.25) is 0 Å². The molecule has 0 aromatic heterocycles. The molecule has 0 aromatic carbocycles. The van der Waals surface area contributed by atoms with Crippen molar-refractivity contribution in [2.75, 3.05) is 0 Å². The fraction of sp³-hybridized carbons (Fsp3) is 0.882. The zero-order valence-electron chi connectivity index (χ0n) is 14.2. The maximum Gasteiger partial charge on any atom is -0.0172 e. The van der Waals surface area contributed by atoms with Gasteiger partial charge >= 0.3 is 36.8 Å². The van der Waals surface area contributed by atoms with Crippen LogP contribution in [-0.2, 0) is 19.2 Å². The van der Waals surface area contributed by atoms with Crippen molar-refractivity contribution in [2.45, 2.75) is 94.5 Å². The van der Waals surface area contributed by atoms with E-state index < -0.39 is 0 Å². The summed E-state index contributed by atoms with van der Waals surface area (Å²) in [5, 5.41) is 1.05. The van der Waals surface area contributed by atoms with Gasteiger partial charge in [-0.25, -0.2) is 0 Å². The van der Waals surface area contributed by atoms with Crippen LogP contribution in [0.25, 0.3) is 0 Å². The van der Waals surface area contributed by atoms with E-state index in [2.05, 4.69) is 67.3 Å². The van der Waals surface area contributed by atoms with Crippen molar-refractivity contribution in [3.05, 3.63) is 12.7 Å². The van der Waals surface area contributed by atoms with Gasteiger partial charge in [0.1, 0.15) is 0 Å². The van der Waals surface area contributed by atoms with E-state index in [0.717, 1.165) is 10.6 Å². The first-order valence-corrected chi connectivity index (χ1v) is 10.1. The van der Waals surface area contributed by atoms with Crippen molar-refractivity contribution >= 4 is 7.92 Å². The van der Waals surface area contributed by atoms with E-state index in [1.165, 1.54) is 32.1 Å². The van der Waals surface area contributed by atoms with E-state index in [1.807, 2.05) is 6.08 Å². The van der Waals surface area contributed by atoms with Crippen LogP contribution in [-0.4, -0.2) is 16.0 Å². The van der Waals surface area contributed by atoms with E-state index in [0.29, 0.717) is 10.3 Å². The molecule has 0 aromatic rings. The van der Waals surface area contributed by atoms with Crippen LogP contribution >= 0.6 is 7.92 Å². The van der Waals surface area contributed by atoms with Gasteiger partial charge in [0.25, 0.3) is 0 Å². The number of rotatable bonds is 2. The fourth-order valence-corrected chi connectivity index (χ4v) is 8.53. The third-order valence-corrected chi connectivity index (χ3v) is 8.06. The maximum atomic E-state index is 3.44. The summed E-state index contributed by atoms with van der Waals surface area (Å²) in [7, 11) is 0.139. The summed E-state index contributed by atoms with van der Waals surface area (Å²) in [5.41, 5.74) is 1.04. The van der Waals surface area contributed by atoms with Crippen molar-refractivity contribution in [1.29, 1.82) is 0 Å². The zero-order chi connectivity index (χ0) is 15.1. The molecule has 0 aliphatic heterocycles. The van der Waals surface area contributed by atoms with Crippen molar-refractivity contribution < 1.29 is 31.6 Å². The first-order chi connectivity index (χ1) is 8.64. The van der Waals surface area contributed by atoms with Crippen LogP contribution in [0.3, 0.4) is 0 Å². The first kappa shape index (κ1) is 23.4. The second-order valence-corrected chi connectivity index (χ2v) is 12.2. The Morgan fingerprint density at radius 1 is 1.00 bits per heavy atom. The first-order valence-electron chi connectivity index (χ1n) is 7.56. The zero-order valence-corrected chi connectivity index (χ0v) is 17.5. The van der Waals surface area contributed by atoms with E-state index in [1.54, 1.807) is 0 Å². The Morgan fingerprint density at radius 2 is 1.35 bits per heavy atom. The van der Waals surface area contributed by atoms with Crippen LogP contribution in [0.4, 0.5) is 0 Å². The predicted molar refractivity (Wildman–Crippen MR) is 88.3 cm³/mol. The molecule has 0 radical (unpaired) electrons. The molecule has 0 amide bonds. The van der Waals surface area contributed by atoms with Crippen LogP contribution in [0.1, 0.15) is 73.6 Å². The van der Waals surface area contributed by atoms with Crippen molar-refractivity contribution in [1.82, 2.24) is 0 Å². The minimum Gasteiger partial charge on any atom is -1.00 e. The molecule has 0 nitrogen and oxygen atoms in total. The van der Waals surface area contributed by atoms with Gasteiger partial charge in [0.05, 0.1) is 0 Å². The average Bonchev–Trinajstić information content (AvgIpc) is 2.27. The van der Waals surface area contributed by atoms with E-state index in [-0.39, 0.29) is 20.3 Å². The summed E-state index contributed by atoms with van der Waals surface area (Å²) in [5.74, 6) is 0. The van der Waals surface area contributed by atoms with Crippen molar-refractivity contribution in [3.8, 4) is 0 Å². The molecule has 1 fully saturated rings. The number of hydrogen-bond acceptors (Lipinski definition) is 0. The Bertz CT molecular complexity index is 233. The largest absolute Gasteiger partial charge is 1.00 e. The molecule has 0 spiro atoms. The molecule has 0 saturated heterocycles. The molecule has 0 N–H and O–H groups in total. The summed E-state index contributed by atoms with van der Waals surface area (Å²) in [4.78, 5) is 0.933. The summed E-state index contributed by atoms with van der Waals surface area (Å²) in [6.45, 7) is 18.2. The Hall–Kier alpha value is 1.12. The molecule has 0 unspecified atom stereocenters. The van der Waals surface area contributed by atoms with Crippen LogP contribution < -0.4 is 12.4 Å². The van der Waals surface area contributed by atoms with Crippen LogP contribution in [0.15, 0.2) is 12.7 Å². The van der Waals surface area contributed by atoms with Crippen molar-refractivity contribution in [3.63, 3.8) is 0 Å². The van der Waals surface area contributed by atoms with Gasteiger partial charge in [0.15, 0.2) is 0 Å². The van der Waals surface area contributed by atoms with Crippen LogP contribution in [0.2, 0.25) is 4.89 Å². The molecule has 124 valence electrons. The maximum absolute atomic E-state index is 3.44. The van der Waals surface area contributed by atoms with Crippen molar-refractivity contribution in [2.24, 2.45) is 0 Å². The van der Waals surface area contributed by atoms with E-state index in [9.17, 15) is 0 Å². The van der Waals surface area contributed by atoms with Crippen LogP contribution in [0, 0.1) is 0 Å². The Kier molecular flexibility index (Phi) is 12.6. The molecule has 3 heteroatoms. The molecule has 0 atom stereocenters. The van der Waals surface area contributed by atoms with Gasteiger partial charge in [-0.15, -0.1) is 0 Å². The third-order valence-electron chi connectivity index (χ3n) is 3.48. The molecule has 20 heavy (non-hydrogen) atoms. The average molecular weight is 411 g/mol. The second-order valence-electron chi connectivity index (χ2n) is 7.42. The standard InChI is InChI=1S/C14H29P.C3H5.ClH.Pd/c1-13(2,3)15(14(4,5)6)12-10-8-7-9-11-12;1-3-2;;/h12H,7-11H2,1-6H3;3H,1-2H2;1H;/q;;;+1/p-1. The molecule has 1 aliphatic rings. The summed E-state index contributed by atoms with van der Waals surface area (Å²) < 4.78 is 0. The SMILES string of the molecule is C=C[CH2][Pd+].CC(C)(C)P(C1CCCCC1)C(C)(C)C.[Cl-]. The molecule has 0 heterocycles. The van der Waals surface area contributed by atoms with E-state index >= 15 is 0 Å². The van der Waals surface area contributed by atoms with Gasteiger partial charge in [0, 0.05) is 0 Å². The predicted octanol–water partition coefficient (Wildman–Crippen LogP) is 3.54. The number of hydrogen-bond donors (Lipinski definition) is 0. The van der Waals surface area contributed by atoms with Gasteiger partial charge in [-0.05, 0) is 28.8 Å². The van der Waals surface area contributed by atoms with E-state index in [4.69, 9.17) is 0 Å². The molecule has 1 aliphatic carbocycles. The topological polar surface area (TPSA) is 0 Å². The normalized spacial score (nSPS) is 17.1. The van der Waals surface area contributed by atoms with Gasteiger partial charge in [-0.3, -0.25) is 0 Å². The number of halogens is 1. The second kappa shape index (κ2) is 10.8. The summed E-state index contributed by atoms with van der Waals surface area (Å²) in [6.07, 6.45) is 9.25. The summed E-state index contributed by atoms with van der Waals surface area (Å²) >= 11 is 2.92. The molecular weight excluding hydrogens is 377 g/mol. The Balaban J connectivity index is 0. The minimum absolute atomic E-state index is 0. The molecular formula is C17H34ClPPd. The molecule has 0 bridgehead atoms. The van der Waals surface area contributed by atoms with Gasteiger partial charge < -0.3 is 12.4 Å².